The summed E-state index contributed by atoms with van der Waals surface area (Å²) in [5.41, 5.74) is 5.18. The summed E-state index contributed by atoms with van der Waals surface area (Å²) in [7, 11) is 0. The van der Waals surface area contributed by atoms with Crippen molar-refractivity contribution in [3.63, 3.8) is 0 Å². The molecule has 2 unspecified atom stereocenters. The lowest BCUT2D eigenvalue weighted by Crippen LogP contribution is -2.46. The maximum absolute atomic E-state index is 11.7. The Balaban J connectivity index is 2.27. The third kappa shape index (κ3) is 5.91. The molecule has 0 aromatic carbocycles. The average Bonchev–Trinajstić information content (AvgIpc) is 2.54. The van der Waals surface area contributed by atoms with Gasteiger partial charge >= 0.3 is 5.97 Å². The number of esters is 1. The first-order valence-corrected chi connectivity index (χ1v) is 7.64. The number of rotatable bonds is 6. The average molecular weight is 270 g/mol. The van der Waals surface area contributed by atoms with Crippen LogP contribution in [0.2, 0.25) is 0 Å². The van der Waals surface area contributed by atoms with Crippen molar-refractivity contribution in [3.8, 4) is 0 Å². The summed E-state index contributed by atoms with van der Waals surface area (Å²) in [5, 5.41) is 0. The number of carbonyl (C=O) groups is 1. The number of nitrogens with zero attached hydrogens (tertiary/aromatic N) is 1. The Labute approximate surface area is 117 Å². The van der Waals surface area contributed by atoms with Gasteiger partial charge in [0.2, 0.25) is 0 Å². The number of hydrogen-bond donors (Lipinski definition) is 1. The molecule has 2 atom stereocenters. The Bertz CT molecular complexity index is 279. The maximum atomic E-state index is 11.7. The zero-order valence-electron chi connectivity index (χ0n) is 12.8. The van der Waals surface area contributed by atoms with Gasteiger partial charge in [0, 0.05) is 0 Å². The van der Waals surface area contributed by atoms with Crippen LogP contribution >= 0.6 is 0 Å². The second-order valence-electron chi connectivity index (χ2n) is 6.12. The minimum absolute atomic E-state index is 0.278. The van der Waals surface area contributed by atoms with E-state index in [2.05, 4.69) is 11.8 Å². The van der Waals surface area contributed by atoms with Gasteiger partial charge in [-0.3, -0.25) is 4.79 Å². The molecular weight excluding hydrogens is 240 g/mol. The van der Waals surface area contributed by atoms with Crippen molar-refractivity contribution in [1.82, 2.24) is 4.90 Å². The molecule has 112 valence electrons. The normalized spacial score (nSPS) is 24.5. The molecule has 0 amide bonds. The number of carbonyl (C=O) groups excluding carboxylic acids is 1. The van der Waals surface area contributed by atoms with Crippen LogP contribution < -0.4 is 5.73 Å². The first kappa shape index (κ1) is 16.4. The lowest BCUT2D eigenvalue weighted by molar-refractivity contribution is -0.149. The SMILES string of the molecule is CCOC(=O)C(C)(N)CCCN1CCCC(C)CC1. The fourth-order valence-corrected chi connectivity index (χ4v) is 2.61. The van der Waals surface area contributed by atoms with E-state index in [4.69, 9.17) is 10.5 Å². The first-order valence-electron chi connectivity index (χ1n) is 7.64. The number of nitrogens with two attached hydrogens (primary N) is 1. The molecule has 0 aromatic rings. The van der Waals surface area contributed by atoms with Gasteiger partial charge in [-0.2, -0.15) is 0 Å². The lowest BCUT2D eigenvalue weighted by atomic mass is 9.97. The van der Waals surface area contributed by atoms with Crippen LogP contribution in [0.25, 0.3) is 0 Å². The van der Waals surface area contributed by atoms with Crippen molar-refractivity contribution in [2.24, 2.45) is 11.7 Å². The fraction of sp³-hybridized carbons (Fsp3) is 0.933. The van der Waals surface area contributed by atoms with Gasteiger partial charge in [0.05, 0.1) is 6.61 Å². The van der Waals surface area contributed by atoms with Crippen LogP contribution in [0.4, 0.5) is 0 Å². The fourth-order valence-electron chi connectivity index (χ4n) is 2.61. The molecule has 1 rings (SSSR count). The van der Waals surface area contributed by atoms with Crippen molar-refractivity contribution in [1.29, 1.82) is 0 Å². The first-order chi connectivity index (χ1) is 8.95. The Kier molecular flexibility index (Phi) is 6.80. The molecule has 1 fully saturated rings. The molecule has 1 saturated heterocycles. The van der Waals surface area contributed by atoms with Crippen LogP contribution in [0.1, 0.15) is 52.9 Å². The van der Waals surface area contributed by atoms with E-state index < -0.39 is 5.54 Å². The molecule has 0 radical (unpaired) electrons. The molecule has 0 aliphatic carbocycles. The van der Waals surface area contributed by atoms with E-state index in [9.17, 15) is 4.79 Å². The minimum atomic E-state index is -0.838. The zero-order chi connectivity index (χ0) is 14.3. The van der Waals surface area contributed by atoms with Gasteiger partial charge in [-0.1, -0.05) is 6.92 Å². The second-order valence-corrected chi connectivity index (χ2v) is 6.12. The van der Waals surface area contributed by atoms with Gasteiger partial charge in [-0.25, -0.2) is 0 Å². The van der Waals surface area contributed by atoms with Gasteiger partial charge in [0.25, 0.3) is 0 Å². The van der Waals surface area contributed by atoms with Crippen LogP contribution in [-0.2, 0) is 9.53 Å². The van der Waals surface area contributed by atoms with Crippen molar-refractivity contribution < 1.29 is 9.53 Å². The van der Waals surface area contributed by atoms with E-state index in [1.807, 2.05) is 6.92 Å². The van der Waals surface area contributed by atoms with Crippen LogP contribution in [-0.4, -0.2) is 42.6 Å². The number of ether oxygens (including phenoxy) is 1. The van der Waals surface area contributed by atoms with E-state index in [1.54, 1.807) is 6.92 Å². The van der Waals surface area contributed by atoms with Crippen LogP contribution in [0, 0.1) is 5.92 Å². The molecule has 4 heteroatoms. The van der Waals surface area contributed by atoms with E-state index in [1.165, 1.54) is 32.4 Å². The topological polar surface area (TPSA) is 55.6 Å². The Morgan fingerprint density at radius 1 is 1.42 bits per heavy atom. The van der Waals surface area contributed by atoms with Crippen LogP contribution in [0.5, 0.6) is 0 Å². The summed E-state index contributed by atoms with van der Waals surface area (Å²) in [4.78, 5) is 14.2. The molecule has 1 heterocycles. The lowest BCUT2D eigenvalue weighted by Gasteiger charge is -2.25. The van der Waals surface area contributed by atoms with Crippen LogP contribution in [0.3, 0.4) is 0 Å². The van der Waals surface area contributed by atoms with Gasteiger partial charge in [0.1, 0.15) is 5.54 Å². The zero-order valence-corrected chi connectivity index (χ0v) is 12.8. The standard InChI is InChI=1S/C15H30N2O2/c1-4-19-14(18)15(3,16)9-6-11-17-10-5-7-13(2)8-12-17/h13H,4-12,16H2,1-3H3. The van der Waals surface area contributed by atoms with Gasteiger partial charge in [-0.15, -0.1) is 0 Å². The van der Waals surface area contributed by atoms with Crippen molar-refractivity contribution in [3.05, 3.63) is 0 Å². The predicted octanol–water partition coefficient (Wildman–Crippen LogP) is 2.17. The number of likely N-dealkylation sites (tertiary alicyclic amines) is 1. The summed E-state index contributed by atoms with van der Waals surface area (Å²) in [6.45, 7) is 9.73. The van der Waals surface area contributed by atoms with E-state index in [-0.39, 0.29) is 5.97 Å². The third-order valence-corrected chi connectivity index (χ3v) is 4.02. The summed E-state index contributed by atoms with van der Waals surface area (Å²) >= 11 is 0. The summed E-state index contributed by atoms with van der Waals surface area (Å²) in [6, 6.07) is 0. The van der Waals surface area contributed by atoms with E-state index in [0.29, 0.717) is 13.0 Å². The summed E-state index contributed by atoms with van der Waals surface area (Å²) in [5.74, 6) is 0.573. The summed E-state index contributed by atoms with van der Waals surface area (Å²) in [6.07, 6.45) is 5.57. The van der Waals surface area contributed by atoms with E-state index in [0.717, 1.165) is 18.9 Å². The monoisotopic (exact) mass is 270 g/mol. The smallest absolute Gasteiger partial charge is 0.325 e. The minimum Gasteiger partial charge on any atom is -0.465 e. The maximum Gasteiger partial charge on any atom is 0.325 e. The Morgan fingerprint density at radius 2 is 2.16 bits per heavy atom. The van der Waals surface area contributed by atoms with Crippen molar-refractivity contribution in [2.45, 2.75) is 58.4 Å². The van der Waals surface area contributed by atoms with Crippen molar-refractivity contribution in [2.75, 3.05) is 26.2 Å². The number of hydrogen-bond acceptors (Lipinski definition) is 4. The molecular formula is C15H30N2O2. The molecule has 0 spiro atoms. The third-order valence-electron chi connectivity index (χ3n) is 4.02. The highest BCUT2D eigenvalue weighted by molar-refractivity contribution is 5.79. The molecule has 1 aliphatic rings. The highest BCUT2D eigenvalue weighted by Crippen LogP contribution is 2.18. The highest BCUT2D eigenvalue weighted by Gasteiger charge is 2.29. The molecule has 0 aromatic heterocycles. The Hall–Kier alpha value is -0.610. The molecule has 19 heavy (non-hydrogen) atoms. The molecule has 4 nitrogen and oxygen atoms in total. The van der Waals surface area contributed by atoms with Gasteiger partial charge < -0.3 is 15.4 Å². The molecule has 0 saturated carbocycles. The quantitative estimate of drug-likeness (QED) is 0.752. The highest BCUT2D eigenvalue weighted by atomic mass is 16.5. The largest absolute Gasteiger partial charge is 0.465 e. The van der Waals surface area contributed by atoms with Gasteiger partial charge in [-0.05, 0) is 71.5 Å². The second kappa shape index (κ2) is 7.85. The molecule has 2 N–H and O–H groups in total. The molecule has 0 bridgehead atoms. The van der Waals surface area contributed by atoms with E-state index >= 15 is 0 Å². The summed E-state index contributed by atoms with van der Waals surface area (Å²) < 4.78 is 5.01. The predicted molar refractivity (Wildman–Crippen MR) is 77.9 cm³/mol. The van der Waals surface area contributed by atoms with Gasteiger partial charge in [0.15, 0.2) is 0 Å². The van der Waals surface area contributed by atoms with Crippen molar-refractivity contribution >= 4 is 5.97 Å². The molecule has 1 aliphatic heterocycles. The van der Waals surface area contributed by atoms with Crippen LogP contribution in [0.15, 0.2) is 0 Å². The Morgan fingerprint density at radius 3 is 2.84 bits per heavy atom.